The minimum absolute atomic E-state index is 0.0151. The van der Waals surface area contributed by atoms with Crippen molar-refractivity contribution in [3.8, 4) is 0 Å². The number of benzene rings is 1. The van der Waals surface area contributed by atoms with Crippen molar-refractivity contribution < 1.29 is 14.3 Å². The fourth-order valence-electron chi connectivity index (χ4n) is 2.38. The second kappa shape index (κ2) is 6.52. The molecule has 0 spiro atoms. The number of hydrogen-bond acceptors (Lipinski definition) is 3. The van der Waals surface area contributed by atoms with Crippen LogP contribution in [0, 0.1) is 5.82 Å². The highest BCUT2D eigenvalue weighted by Gasteiger charge is 2.12. The average Bonchev–Trinajstić information content (AvgIpc) is 2.41. The van der Waals surface area contributed by atoms with E-state index in [-0.39, 0.29) is 5.56 Å². The Morgan fingerprint density at radius 1 is 1.32 bits per heavy atom. The van der Waals surface area contributed by atoms with Crippen LogP contribution in [0.3, 0.4) is 0 Å². The smallest absolute Gasteiger partial charge is 0.337 e. The van der Waals surface area contributed by atoms with Gasteiger partial charge in [-0.25, -0.2) is 9.18 Å². The van der Waals surface area contributed by atoms with Gasteiger partial charge in [-0.15, -0.1) is 0 Å². The number of rotatable bonds is 5. The van der Waals surface area contributed by atoms with E-state index in [1.54, 1.807) is 0 Å². The zero-order valence-electron chi connectivity index (χ0n) is 10.9. The molecule has 1 fully saturated rings. The zero-order valence-corrected chi connectivity index (χ0v) is 10.9. The van der Waals surface area contributed by atoms with Gasteiger partial charge in [-0.1, -0.05) is 6.42 Å². The van der Waals surface area contributed by atoms with E-state index in [1.165, 1.54) is 31.4 Å². The SMILES string of the molecule is O=C(O)c1cc(F)ccc1NCCN1CCCCC1. The Morgan fingerprint density at radius 3 is 2.74 bits per heavy atom. The number of anilines is 1. The van der Waals surface area contributed by atoms with Gasteiger partial charge >= 0.3 is 5.97 Å². The summed E-state index contributed by atoms with van der Waals surface area (Å²) < 4.78 is 13.0. The molecule has 0 atom stereocenters. The van der Waals surface area contributed by atoms with Crippen molar-refractivity contribution in [3.05, 3.63) is 29.6 Å². The Kier molecular flexibility index (Phi) is 4.74. The Labute approximate surface area is 112 Å². The maximum atomic E-state index is 13.0. The molecule has 19 heavy (non-hydrogen) atoms. The van der Waals surface area contributed by atoms with Gasteiger partial charge in [-0.3, -0.25) is 0 Å². The van der Waals surface area contributed by atoms with Crippen molar-refractivity contribution in [2.45, 2.75) is 19.3 Å². The lowest BCUT2D eigenvalue weighted by Crippen LogP contribution is -2.33. The van der Waals surface area contributed by atoms with E-state index in [0.29, 0.717) is 12.2 Å². The minimum atomic E-state index is -1.11. The van der Waals surface area contributed by atoms with Crippen LogP contribution >= 0.6 is 0 Å². The third-order valence-electron chi connectivity index (χ3n) is 3.40. The van der Waals surface area contributed by atoms with E-state index in [4.69, 9.17) is 5.11 Å². The van der Waals surface area contributed by atoms with Crippen LogP contribution in [0.1, 0.15) is 29.6 Å². The number of aromatic carboxylic acids is 1. The Morgan fingerprint density at radius 2 is 2.05 bits per heavy atom. The molecule has 1 aromatic carbocycles. The monoisotopic (exact) mass is 266 g/mol. The molecule has 104 valence electrons. The number of nitrogens with one attached hydrogen (secondary N) is 1. The summed E-state index contributed by atoms with van der Waals surface area (Å²) in [5, 5.41) is 12.1. The fourth-order valence-corrected chi connectivity index (χ4v) is 2.38. The molecule has 0 aliphatic carbocycles. The largest absolute Gasteiger partial charge is 0.478 e. The van der Waals surface area contributed by atoms with Crippen molar-refractivity contribution in [1.29, 1.82) is 0 Å². The highest BCUT2D eigenvalue weighted by atomic mass is 19.1. The van der Waals surface area contributed by atoms with E-state index in [9.17, 15) is 9.18 Å². The van der Waals surface area contributed by atoms with Crippen LogP contribution in [0.2, 0.25) is 0 Å². The lowest BCUT2D eigenvalue weighted by molar-refractivity contribution is 0.0697. The Hall–Kier alpha value is -1.62. The van der Waals surface area contributed by atoms with Crippen molar-refractivity contribution in [1.82, 2.24) is 4.90 Å². The predicted octanol–water partition coefficient (Wildman–Crippen LogP) is 2.42. The van der Waals surface area contributed by atoms with Gasteiger partial charge in [0.1, 0.15) is 5.82 Å². The second-order valence-electron chi connectivity index (χ2n) is 4.82. The van der Waals surface area contributed by atoms with Crippen molar-refractivity contribution in [2.75, 3.05) is 31.5 Å². The van der Waals surface area contributed by atoms with Crippen LogP contribution in [0.15, 0.2) is 18.2 Å². The molecule has 0 amide bonds. The first kappa shape index (κ1) is 13.8. The van der Waals surface area contributed by atoms with Crippen LogP contribution in [-0.2, 0) is 0 Å². The molecule has 1 aromatic rings. The maximum absolute atomic E-state index is 13.0. The number of halogens is 1. The first-order valence-corrected chi connectivity index (χ1v) is 6.66. The van der Waals surface area contributed by atoms with Gasteiger partial charge in [0, 0.05) is 18.8 Å². The van der Waals surface area contributed by atoms with Crippen LogP contribution in [0.4, 0.5) is 10.1 Å². The van der Waals surface area contributed by atoms with E-state index in [0.717, 1.165) is 25.7 Å². The number of hydrogen-bond donors (Lipinski definition) is 2. The molecular formula is C14H19FN2O2. The molecule has 0 aromatic heterocycles. The van der Waals surface area contributed by atoms with Gasteiger partial charge in [0.25, 0.3) is 0 Å². The summed E-state index contributed by atoms with van der Waals surface area (Å²) >= 11 is 0. The van der Waals surface area contributed by atoms with Gasteiger partial charge in [0.05, 0.1) is 5.56 Å². The number of carboxylic acid groups (broad SMARTS) is 1. The van der Waals surface area contributed by atoms with Gasteiger partial charge in [0.15, 0.2) is 0 Å². The van der Waals surface area contributed by atoms with Gasteiger partial charge < -0.3 is 15.3 Å². The van der Waals surface area contributed by atoms with Crippen molar-refractivity contribution in [2.24, 2.45) is 0 Å². The minimum Gasteiger partial charge on any atom is -0.478 e. The number of nitrogens with zero attached hydrogens (tertiary/aromatic N) is 1. The molecule has 2 N–H and O–H groups in total. The molecule has 1 aliphatic rings. The number of carboxylic acids is 1. The number of likely N-dealkylation sites (tertiary alicyclic amines) is 1. The molecule has 1 aliphatic heterocycles. The second-order valence-corrected chi connectivity index (χ2v) is 4.82. The highest BCUT2D eigenvalue weighted by molar-refractivity contribution is 5.94. The van der Waals surface area contributed by atoms with E-state index in [1.807, 2.05) is 0 Å². The molecule has 0 bridgehead atoms. The summed E-state index contributed by atoms with van der Waals surface area (Å²) in [6.45, 7) is 3.77. The van der Waals surface area contributed by atoms with E-state index < -0.39 is 11.8 Å². The standard InChI is InChI=1S/C14H19FN2O2/c15-11-4-5-13(12(10-11)14(18)19)16-6-9-17-7-2-1-3-8-17/h4-5,10,16H,1-3,6-9H2,(H,18,19). The zero-order chi connectivity index (χ0) is 13.7. The molecule has 2 rings (SSSR count). The van der Waals surface area contributed by atoms with Gasteiger partial charge in [-0.2, -0.15) is 0 Å². The van der Waals surface area contributed by atoms with Crippen LogP contribution in [-0.4, -0.2) is 42.2 Å². The summed E-state index contributed by atoms with van der Waals surface area (Å²) in [6.07, 6.45) is 3.76. The highest BCUT2D eigenvalue weighted by Crippen LogP contribution is 2.17. The lowest BCUT2D eigenvalue weighted by Gasteiger charge is -2.26. The lowest BCUT2D eigenvalue weighted by atomic mass is 10.1. The average molecular weight is 266 g/mol. The van der Waals surface area contributed by atoms with Crippen molar-refractivity contribution >= 4 is 11.7 Å². The summed E-state index contributed by atoms with van der Waals surface area (Å²) in [6, 6.07) is 3.80. The topological polar surface area (TPSA) is 52.6 Å². The van der Waals surface area contributed by atoms with Gasteiger partial charge in [0.2, 0.25) is 0 Å². The molecule has 0 unspecified atom stereocenters. The summed E-state index contributed by atoms with van der Waals surface area (Å²) in [7, 11) is 0. The van der Waals surface area contributed by atoms with Crippen LogP contribution in [0.5, 0.6) is 0 Å². The fraction of sp³-hybridized carbons (Fsp3) is 0.500. The van der Waals surface area contributed by atoms with Gasteiger partial charge in [-0.05, 0) is 44.1 Å². The molecular weight excluding hydrogens is 247 g/mol. The molecule has 4 nitrogen and oxygen atoms in total. The quantitative estimate of drug-likeness (QED) is 0.859. The summed E-state index contributed by atoms with van der Waals surface area (Å²) in [4.78, 5) is 13.4. The third kappa shape index (κ3) is 3.92. The Balaban J connectivity index is 1.89. The van der Waals surface area contributed by atoms with E-state index >= 15 is 0 Å². The number of piperidine rings is 1. The van der Waals surface area contributed by atoms with Crippen LogP contribution < -0.4 is 5.32 Å². The summed E-state index contributed by atoms with van der Waals surface area (Å²) in [5.41, 5.74) is 0.463. The first-order valence-electron chi connectivity index (χ1n) is 6.66. The molecule has 1 saturated heterocycles. The molecule has 0 radical (unpaired) electrons. The summed E-state index contributed by atoms with van der Waals surface area (Å²) in [5.74, 6) is -1.64. The Bertz CT molecular complexity index is 445. The molecule has 0 saturated carbocycles. The maximum Gasteiger partial charge on any atom is 0.337 e. The van der Waals surface area contributed by atoms with Crippen LogP contribution in [0.25, 0.3) is 0 Å². The molecule has 1 heterocycles. The third-order valence-corrected chi connectivity index (χ3v) is 3.40. The van der Waals surface area contributed by atoms with Crippen molar-refractivity contribution in [3.63, 3.8) is 0 Å². The molecule has 5 heteroatoms. The van der Waals surface area contributed by atoms with E-state index in [2.05, 4.69) is 10.2 Å². The normalized spacial score (nSPS) is 16.3. The number of carbonyl (C=O) groups is 1. The first-order chi connectivity index (χ1) is 9.16. The predicted molar refractivity (Wildman–Crippen MR) is 72.1 cm³/mol.